The number of carbonyl (C=O) groups excluding carboxylic acids is 1. The van der Waals surface area contributed by atoms with Crippen LogP contribution in [0.5, 0.6) is 5.75 Å². The van der Waals surface area contributed by atoms with E-state index in [4.69, 9.17) is 4.74 Å². The molecule has 0 aliphatic carbocycles. The van der Waals surface area contributed by atoms with Gasteiger partial charge in [-0.1, -0.05) is 17.7 Å². The summed E-state index contributed by atoms with van der Waals surface area (Å²) in [7, 11) is 1.47. The number of ether oxygens (including phenoxy) is 1. The minimum atomic E-state index is -0.993. The summed E-state index contributed by atoms with van der Waals surface area (Å²) in [5.74, 6) is -0.336. The van der Waals surface area contributed by atoms with E-state index in [0.717, 1.165) is 31.5 Å². The number of carboxylic acid groups (broad SMARTS) is 1. The monoisotopic (exact) mass is 372 g/mol. The van der Waals surface area contributed by atoms with Crippen molar-refractivity contribution >= 4 is 11.9 Å². The highest BCUT2D eigenvalue weighted by atomic mass is 16.5. The number of methoxy groups -OCH3 is 1. The van der Waals surface area contributed by atoms with E-state index in [0.29, 0.717) is 18.8 Å². The van der Waals surface area contributed by atoms with Crippen molar-refractivity contribution < 1.29 is 19.4 Å². The van der Waals surface area contributed by atoms with Crippen molar-refractivity contribution in [2.45, 2.75) is 39.3 Å². The molecule has 0 radical (unpaired) electrons. The SMILES string of the molecule is COc1ccc(CN2C[C@H]3CC[C@@H](C2)N(CC=C(C)C)C3=O)cc1C(=O)O. The van der Waals surface area contributed by atoms with Crippen LogP contribution in [0.2, 0.25) is 0 Å². The highest BCUT2D eigenvalue weighted by Gasteiger charge is 2.40. The zero-order valence-corrected chi connectivity index (χ0v) is 16.3. The van der Waals surface area contributed by atoms with Gasteiger partial charge in [0, 0.05) is 32.2 Å². The van der Waals surface area contributed by atoms with Crippen LogP contribution in [0.15, 0.2) is 29.8 Å². The van der Waals surface area contributed by atoms with Crippen molar-refractivity contribution in [2.75, 3.05) is 26.7 Å². The molecule has 3 saturated heterocycles. The summed E-state index contributed by atoms with van der Waals surface area (Å²) in [4.78, 5) is 28.6. The first-order valence-electron chi connectivity index (χ1n) is 9.45. The summed E-state index contributed by atoms with van der Waals surface area (Å²) in [5, 5.41) is 9.39. The standard InChI is InChI=1S/C21H28N2O4/c1-14(2)8-9-23-17-6-5-16(20(23)24)12-22(13-17)11-15-4-7-19(27-3)18(10-15)21(25)26/h4,7-8,10,16-17H,5-6,9,11-13H2,1-3H3,(H,25,26)/t16-,17+/m1/s1. The van der Waals surface area contributed by atoms with Crippen LogP contribution in [-0.4, -0.2) is 59.6 Å². The number of hydrogen-bond donors (Lipinski definition) is 1. The lowest BCUT2D eigenvalue weighted by molar-refractivity contribution is -0.139. The van der Waals surface area contributed by atoms with Crippen LogP contribution in [0.25, 0.3) is 0 Å². The van der Waals surface area contributed by atoms with Gasteiger partial charge in [-0.25, -0.2) is 4.79 Å². The number of fused-ring (bicyclic) bond motifs is 4. The molecule has 27 heavy (non-hydrogen) atoms. The number of benzene rings is 1. The number of rotatable bonds is 6. The topological polar surface area (TPSA) is 70.1 Å². The number of allylic oxidation sites excluding steroid dienone is 1. The maximum Gasteiger partial charge on any atom is 0.339 e. The second-order valence-corrected chi connectivity index (χ2v) is 7.73. The molecule has 3 aliphatic heterocycles. The lowest BCUT2D eigenvalue weighted by Gasteiger charge is -2.35. The number of carbonyl (C=O) groups is 2. The Balaban J connectivity index is 1.76. The summed E-state index contributed by atoms with van der Waals surface area (Å²) in [5.41, 5.74) is 2.33. The molecule has 4 rings (SSSR count). The van der Waals surface area contributed by atoms with Crippen LogP contribution >= 0.6 is 0 Å². The first-order valence-corrected chi connectivity index (χ1v) is 9.45. The minimum absolute atomic E-state index is 0.0338. The third kappa shape index (κ3) is 4.33. The molecule has 6 heteroatoms. The molecule has 146 valence electrons. The zero-order chi connectivity index (χ0) is 19.6. The second-order valence-electron chi connectivity index (χ2n) is 7.73. The first-order chi connectivity index (χ1) is 12.9. The van der Waals surface area contributed by atoms with Gasteiger partial charge in [-0.05, 0) is 44.4 Å². The van der Waals surface area contributed by atoms with Gasteiger partial charge in [0.2, 0.25) is 5.91 Å². The molecule has 0 spiro atoms. The van der Waals surface area contributed by atoms with E-state index in [1.54, 1.807) is 12.1 Å². The highest BCUT2D eigenvalue weighted by Crippen LogP contribution is 2.30. The number of hydrogen-bond acceptors (Lipinski definition) is 4. The fraction of sp³-hybridized carbons (Fsp3) is 0.524. The van der Waals surface area contributed by atoms with Gasteiger partial charge in [-0.15, -0.1) is 0 Å². The Labute approximate surface area is 160 Å². The Morgan fingerprint density at radius 3 is 2.74 bits per heavy atom. The van der Waals surface area contributed by atoms with Gasteiger partial charge in [-0.2, -0.15) is 0 Å². The predicted molar refractivity (Wildman–Crippen MR) is 103 cm³/mol. The Morgan fingerprint density at radius 1 is 1.30 bits per heavy atom. The predicted octanol–water partition coefficient (Wildman–Crippen LogP) is 2.78. The number of piperidine rings is 1. The molecule has 3 heterocycles. The average molecular weight is 372 g/mol. The summed E-state index contributed by atoms with van der Waals surface area (Å²) < 4.78 is 5.14. The van der Waals surface area contributed by atoms with Crippen LogP contribution in [0, 0.1) is 5.92 Å². The number of amides is 1. The Kier molecular flexibility index (Phi) is 5.85. The van der Waals surface area contributed by atoms with Crippen molar-refractivity contribution in [3.8, 4) is 5.75 Å². The van der Waals surface area contributed by atoms with E-state index in [2.05, 4.69) is 24.8 Å². The maximum atomic E-state index is 12.8. The first kappa shape index (κ1) is 19.4. The lowest BCUT2D eigenvalue weighted by Crippen LogP contribution is -2.47. The number of nitrogens with zero attached hydrogens (tertiary/aromatic N) is 2. The lowest BCUT2D eigenvalue weighted by atomic mass is 9.94. The third-order valence-corrected chi connectivity index (χ3v) is 5.47. The third-order valence-electron chi connectivity index (χ3n) is 5.47. The van der Waals surface area contributed by atoms with E-state index in [1.807, 2.05) is 11.0 Å². The van der Waals surface area contributed by atoms with Crippen molar-refractivity contribution in [1.29, 1.82) is 0 Å². The van der Waals surface area contributed by atoms with Gasteiger partial charge < -0.3 is 14.7 Å². The van der Waals surface area contributed by atoms with Gasteiger partial charge in [-0.3, -0.25) is 9.69 Å². The molecule has 1 amide bonds. The smallest absolute Gasteiger partial charge is 0.339 e. The van der Waals surface area contributed by atoms with Gasteiger partial charge in [0.05, 0.1) is 13.0 Å². The summed E-state index contributed by atoms with van der Waals surface area (Å²) in [6.45, 7) is 6.98. The molecule has 1 aromatic rings. The summed E-state index contributed by atoms with van der Waals surface area (Å²) in [6, 6.07) is 5.51. The molecule has 1 N–H and O–H groups in total. The van der Waals surface area contributed by atoms with Crippen LogP contribution < -0.4 is 4.74 Å². The second kappa shape index (κ2) is 8.13. The van der Waals surface area contributed by atoms with Crippen molar-refractivity contribution in [2.24, 2.45) is 5.92 Å². The molecule has 0 unspecified atom stereocenters. The van der Waals surface area contributed by atoms with E-state index < -0.39 is 5.97 Å². The normalized spacial score (nSPS) is 22.5. The molecule has 3 fully saturated rings. The minimum Gasteiger partial charge on any atom is -0.496 e. The molecule has 2 bridgehead atoms. The van der Waals surface area contributed by atoms with Crippen LogP contribution in [0.1, 0.15) is 42.6 Å². The van der Waals surface area contributed by atoms with E-state index in [-0.39, 0.29) is 23.4 Å². The maximum absolute atomic E-state index is 12.8. The summed E-state index contributed by atoms with van der Waals surface area (Å²) >= 11 is 0. The molecule has 0 aromatic heterocycles. The van der Waals surface area contributed by atoms with Crippen molar-refractivity contribution in [3.05, 3.63) is 41.0 Å². The zero-order valence-electron chi connectivity index (χ0n) is 16.3. The molecule has 6 nitrogen and oxygen atoms in total. The van der Waals surface area contributed by atoms with Crippen molar-refractivity contribution in [1.82, 2.24) is 9.80 Å². The van der Waals surface area contributed by atoms with Crippen LogP contribution in [0.4, 0.5) is 0 Å². The van der Waals surface area contributed by atoms with Gasteiger partial charge in [0.15, 0.2) is 0 Å². The molecular weight excluding hydrogens is 344 g/mol. The van der Waals surface area contributed by atoms with Gasteiger partial charge in [0.1, 0.15) is 11.3 Å². The van der Waals surface area contributed by atoms with E-state index in [9.17, 15) is 14.7 Å². The van der Waals surface area contributed by atoms with Crippen LogP contribution in [0.3, 0.4) is 0 Å². The Hall–Kier alpha value is -2.34. The Morgan fingerprint density at radius 2 is 2.07 bits per heavy atom. The molecule has 1 aromatic carbocycles. The van der Waals surface area contributed by atoms with Crippen molar-refractivity contribution in [3.63, 3.8) is 0 Å². The fourth-order valence-corrected chi connectivity index (χ4v) is 4.06. The summed E-state index contributed by atoms with van der Waals surface area (Å²) in [6.07, 6.45) is 4.09. The van der Waals surface area contributed by atoms with Gasteiger partial charge in [0.25, 0.3) is 0 Å². The van der Waals surface area contributed by atoms with E-state index >= 15 is 0 Å². The largest absolute Gasteiger partial charge is 0.496 e. The molecule has 2 atom stereocenters. The Bertz CT molecular complexity index is 755. The fourth-order valence-electron chi connectivity index (χ4n) is 4.06. The average Bonchev–Trinajstić information content (AvgIpc) is 2.90. The number of aromatic carboxylic acids is 1. The highest BCUT2D eigenvalue weighted by molar-refractivity contribution is 5.91. The number of carboxylic acids is 1. The van der Waals surface area contributed by atoms with E-state index in [1.165, 1.54) is 12.7 Å². The quantitative estimate of drug-likeness (QED) is 0.778. The van der Waals surface area contributed by atoms with Crippen LogP contribution in [-0.2, 0) is 11.3 Å². The molecular formula is C21H28N2O4. The molecule has 0 saturated carbocycles. The van der Waals surface area contributed by atoms with Gasteiger partial charge >= 0.3 is 5.97 Å². The molecule has 3 aliphatic rings.